The maximum atomic E-state index is 14.7. The number of nitrogens with one attached hydrogen (secondary N) is 2. The highest BCUT2D eigenvalue weighted by Crippen LogP contribution is 2.44. The van der Waals surface area contributed by atoms with E-state index < -0.39 is 17.6 Å². The zero-order chi connectivity index (χ0) is 35.5. The first-order valence-electron chi connectivity index (χ1n) is 16.3. The number of nitrogens with zero attached hydrogens (tertiary/aromatic N) is 4. The van der Waals surface area contributed by atoms with E-state index in [-0.39, 0.29) is 18.9 Å². The second-order valence-corrected chi connectivity index (χ2v) is 13.7. The van der Waals surface area contributed by atoms with Crippen molar-refractivity contribution in [2.45, 2.75) is 40.8 Å². The summed E-state index contributed by atoms with van der Waals surface area (Å²) in [5.74, 6) is 0.502. The van der Waals surface area contributed by atoms with Gasteiger partial charge < -0.3 is 14.6 Å². The molecule has 5 aromatic carbocycles. The van der Waals surface area contributed by atoms with Crippen LogP contribution in [0.4, 0.5) is 5.69 Å². The summed E-state index contributed by atoms with van der Waals surface area (Å²) < 4.78 is 13.2. The highest BCUT2D eigenvalue weighted by Gasteiger charge is 2.53. The van der Waals surface area contributed by atoms with Crippen LogP contribution >= 0.6 is 27.7 Å². The number of hydrogen-bond donors (Lipinski definition) is 3. The number of amides is 1. The van der Waals surface area contributed by atoms with E-state index in [1.54, 1.807) is 36.0 Å². The summed E-state index contributed by atoms with van der Waals surface area (Å²) in [4.78, 5) is 25.0. The Balaban J connectivity index is 1.35. The lowest BCUT2D eigenvalue weighted by molar-refractivity contribution is -0.130. The highest BCUT2D eigenvalue weighted by atomic mass is 79.9. The van der Waals surface area contributed by atoms with Crippen molar-refractivity contribution < 1.29 is 19.4 Å². The Morgan fingerprint density at radius 3 is 2.39 bits per heavy atom. The second-order valence-electron chi connectivity index (χ2n) is 11.7. The number of azide groups is 1. The Bertz CT molecular complexity index is 2020. The Morgan fingerprint density at radius 2 is 1.65 bits per heavy atom. The maximum Gasteiger partial charge on any atom is 0.266 e. The lowest BCUT2D eigenvalue weighted by Gasteiger charge is -2.31. The van der Waals surface area contributed by atoms with Crippen molar-refractivity contribution in [1.82, 2.24) is 10.9 Å². The van der Waals surface area contributed by atoms with Crippen molar-refractivity contribution in [3.8, 4) is 5.75 Å². The van der Waals surface area contributed by atoms with E-state index in [0.717, 1.165) is 25.4 Å². The van der Waals surface area contributed by atoms with Gasteiger partial charge in [0.15, 0.2) is 11.6 Å². The fourth-order valence-corrected chi connectivity index (χ4v) is 6.94. The summed E-state index contributed by atoms with van der Waals surface area (Å²) in [5.41, 5.74) is 17.4. The summed E-state index contributed by atoms with van der Waals surface area (Å²) >= 11 is 5.17. The molecule has 10 nitrogen and oxygen atoms in total. The van der Waals surface area contributed by atoms with Crippen molar-refractivity contribution in [3.05, 3.63) is 165 Å². The molecule has 0 spiro atoms. The third-order valence-electron chi connectivity index (χ3n) is 8.23. The summed E-state index contributed by atoms with van der Waals surface area (Å²) in [7, 11) is 0. The van der Waals surface area contributed by atoms with Gasteiger partial charge in [-0.05, 0) is 76.8 Å². The van der Waals surface area contributed by atoms with Crippen molar-refractivity contribution in [3.63, 3.8) is 0 Å². The van der Waals surface area contributed by atoms with Crippen molar-refractivity contribution >= 4 is 45.2 Å². The summed E-state index contributed by atoms with van der Waals surface area (Å²) in [5, 5.41) is 13.0. The molecule has 5 aromatic rings. The Kier molecular flexibility index (Phi) is 12.1. The van der Waals surface area contributed by atoms with Gasteiger partial charge in [0, 0.05) is 56.4 Å². The van der Waals surface area contributed by atoms with Gasteiger partial charge in [0.1, 0.15) is 5.75 Å². The van der Waals surface area contributed by atoms with Gasteiger partial charge in [0.25, 0.3) is 5.91 Å². The number of rotatable bonds is 15. The first kappa shape index (κ1) is 35.7. The molecule has 0 saturated carbocycles. The second kappa shape index (κ2) is 17.2. The first-order valence-corrected chi connectivity index (χ1v) is 17.9. The van der Waals surface area contributed by atoms with E-state index in [1.165, 1.54) is 0 Å². The summed E-state index contributed by atoms with van der Waals surface area (Å²) in [6, 6.07) is 40.2. The number of aliphatic imine (C=N–C) groups is 1. The quantitative estimate of drug-likeness (QED) is 0.0321. The van der Waals surface area contributed by atoms with Crippen LogP contribution in [0.1, 0.15) is 34.8 Å². The number of halogens is 1. The number of aliphatic hydroxyl groups is 1. The van der Waals surface area contributed by atoms with Crippen LogP contribution in [0.25, 0.3) is 10.4 Å². The van der Waals surface area contributed by atoms with E-state index >= 15 is 0 Å². The molecule has 1 aliphatic rings. The molecule has 1 heterocycles. The molecule has 0 saturated heterocycles. The first-order chi connectivity index (χ1) is 25.0. The van der Waals surface area contributed by atoms with E-state index in [4.69, 9.17) is 19.6 Å². The minimum Gasteiger partial charge on any atom is -0.494 e. The average molecular weight is 764 g/mol. The Morgan fingerprint density at radius 1 is 0.941 bits per heavy atom. The zero-order valence-corrected chi connectivity index (χ0v) is 29.9. The molecule has 0 bridgehead atoms. The molecular formula is C39H35BrN6O4S. The molecule has 1 amide bonds. The highest BCUT2D eigenvalue weighted by molar-refractivity contribution is 9.10. The predicted octanol–water partition coefficient (Wildman–Crippen LogP) is 8.62. The number of hydrazine groups is 1. The van der Waals surface area contributed by atoms with Crippen LogP contribution in [0.5, 0.6) is 5.75 Å². The molecule has 6 rings (SSSR count). The Labute approximate surface area is 308 Å². The molecule has 2 atom stereocenters. The Hall–Kier alpha value is -5.10. The smallest absolute Gasteiger partial charge is 0.266 e. The van der Waals surface area contributed by atoms with Crippen LogP contribution in [0.15, 0.2) is 152 Å². The van der Waals surface area contributed by atoms with E-state index in [0.29, 0.717) is 42.1 Å². The summed E-state index contributed by atoms with van der Waals surface area (Å²) in [6.45, 7) is 0.779. The van der Waals surface area contributed by atoms with Crippen LogP contribution in [-0.2, 0) is 22.5 Å². The largest absolute Gasteiger partial charge is 0.494 e. The van der Waals surface area contributed by atoms with E-state index in [2.05, 4.69) is 55.0 Å². The molecule has 1 aliphatic heterocycles. The van der Waals surface area contributed by atoms with Gasteiger partial charge in [0.05, 0.1) is 6.61 Å². The molecule has 12 heteroatoms. The molecule has 0 radical (unpaired) electrons. The maximum absolute atomic E-state index is 14.7. The fraction of sp³-hybridized carbons (Fsp3) is 0.179. The molecule has 0 fully saturated rings. The van der Waals surface area contributed by atoms with Crippen molar-refractivity contribution in [2.24, 2.45) is 10.1 Å². The van der Waals surface area contributed by atoms with Crippen LogP contribution < -0.4 is 15.6 Å². The number of hydrogen-bond acceptors (Lipinski definition) is 8. The lowest BCUT2D eigenvalue weighted by Crippen LogP contribution is -2.53. The van der Waals surface area contributed by atoms with Crippen LogP contribution in [0, 0.1) is 0 Å². The number of carbonyl (C=O) groups is 1. The molecule has 258 valence electrons. The van der Waals surface area contributed by atoms with Gasteiger partial charge >= 0.3 is 0 Å². The van der Waals surface area contributed by atoms with E-state index in [1.807, 2.05) is 84.9 Å². The molecule has 0 aromatic heterocycles. The third kappa shape index (κ3) is 8.80. The van der Waals surface area contributed by atoms with Gasteiger partial charge in [-0.3, -0.25) is 10.2 Å². The van der Waals surface area contributed by atoms with Gasteiger partial charge in [0.2, 0.25) is 5.90 Å². The lowest BCUT2D eigenvalue weighted by atomic mass is 9.81. The minimum absolute atomic E-state index is 0.0428. The van der Waals surface area contributed by atoms with Gasteiger partial charge in [-0.15, -0.1) is 0 Å². The molecular weight excluding hydrogens is 728 g/mol. The normalized spacial score (nSPS) is 16.4. The zero-order valence-electron chi connectivity index (χ0n) is 27.5. The number of ether oxygens (including phenoxy) is 2. The number of benzene rings is 5. The number of carbonyl (C=O) groups excluding carboxylic acids is 1. The standard InChI is InChI=1S/C39H35BrN6O4S/c40-31-19-15-27(16-20-31)36-39(25-29-9-4-6-13-34(29)44-46-41,43-37(50-36)28-17-21-32(22-18-28)49-24-8-23-47)38(48)45-42-26-30-10-5-7-14-35(30)51-33-11-2-1-3-12-33/h1-7,9-22,36,42,47H,8,23-26H2,(H,45,48)/t36-,39-/m0/s1. The van der Waals surface area contributed by atoms with Crippen molar-refractivity contribution in [2.75, 3.05) is 13.2 Å². The predicted molar refractivity (Wildman–Crippen MR) is 202 cm³/mol. The van der Waals surface area contributed by atoms with Crippen molar-refractivity contribution in [1.29, 1.82) is 0 Å². The SMILES string of the molecule is [N-]=[N+]=Nc1ccccc1C[C@]1(C(=O)NNCc2ccccc2Sc2ccccc2)N=C(c2ccc(OCCCO)cc2)O[C@H]1c1ccc(Br)cc1. The topological polar surface area (TPSA) is 141 Å². The third-order valence-corrected chi connectivity index (χ3v) is 9.89. The van der Waals surface area contributed by atoms with Gasteiger partial charge in [-0.1, -0.05) is 106 Å². The average Bonchev–Trinajstić information content (AvgIpc) is 3.54. The molecule has 0 unspecified atom stereocenters. The van der Waals surface area contributed by atoms with Crippen LogP contribution in [0.2, 0.25) is 0 Å². The number of aliphatic hydroxyl groups excluding tert-OH is 1. The molecule has 3 N–H and O–H groups in total. The van der Waals surface area contributed by atoms with Gasteiger partial charge in [-0.2, -0.15) is 0 Å². The molecule has 0 aliphatic carbocycles. The van der Waals surface area contributed by atoms with Gasteiger partial charge in [-0.25, -0.2) is 10.4 Å². The fourth-order valence-electron chi connectivity index (χ4n) is 5.71. The molecule has 51 heavy (non-hydrogen) atoms. The monoisotopic (exact) mass is 762 g/mol. The van der Waals surface area contributed by atoms with Crippen LogP contribution in [0.3, 0.4) is 0 Å². The van der Waals surface area contributed by atoms with Crippen LogP contribution in [-0.4, -0.2) is 35.7 Å². The minimum atomic E-state index is -1.52. The summed E-state index contributed by atoms with van der Waals surface area (Å²) in [6.07, 6.45) is -0.252. The van der Waals surface area contributed by atoms with E-state index in [9.17, 15) is 10.3 Å².